The average molecular weight is 240 g/mol. The summed E-state index contributed by atoms with van der Waals surface area (Å²) in [6, 6.07) is 0. The molecule has 0 aromatic carbocycles. The monoisotopic (exact) mass is 240 g/mol. The lowest BCUT2D eigenvalue weighted by Crippen LogP contribution is -2.44. The van der Waals surface area contributed by atoms with Crippen LogP contribution in [0.1, 0.15) is 20.3 Å². The molecule has 0 aliphatic carbocycles. The summed E-state index contributed by atoms with van der Waals surface area (Å²) in [7, 11) is 5.35. The molecule has 1 aliphatic rings. The minimum Gasteiger partial charge on any atom is -0.392 e. The number of hydrogen-bond acceptors (Lipinski definition) is 4. The van der Waals surface area contributed by atoms with Crippen molar-refractivity contribution in [1.82, 2.24) is 15.5 Å². The summed E-state index contributed by atoms with van der Waals surface area (Å²) in [6.45, 7) is 5.21. The van der Waals surface area contributed by atoms with Crippen molar-refractivity contribution in [2.45, 2.75) is 26.5 Å². The van der Waals surface area contributed by atoms with E-state index < -0.39 is 0 Å². The minimum absolute atomic E-state index is 0.0383. The molecule has 0 aromatic heterocycles. The fraction of sp³-hybridized carbons (Fsp3) is 0.750. The lowest BCUT2D eigenvalue weighted by Gasteiger charge is -2.33. The van der Waals surface area contributed by atoms with Crippen molar-refractivity contribution in [3.8, 4) is 0 Å². The quantitative estimate of drug-likeness (QED) is 0.506. The molecule has 3 N–H and O–H groups in total. The third-order valence-electron chi connectivity index (χ3n) is 3.27. The van der Waals surface area contributed by atoms with Crippen LogP contribution in [0.25, 0.3) is 0 Å². The highest BCUT2D eigenvalue weighted by Gasteiger charge is 2.42. The largest absolute Gasteiger partial charge is 0.392 e. The number of nitrogens with one attached hydrogen (secondary N) is 3. The van der Waals surface area contributed by atoms with Crippen molar-refractivity contribution in [3.63, 3.8) is 0 Å². The second-order valence-corrected chi connectivity index (χ2v) is 4.97. The van der Waals surface area contributed by atoms with Gasteiger partial charge < -0.3 is 20.3 Å². The SMILES string of the molecule is CN/C=C(/NC)C(=N)N1CCC(C)(C)C1OC. The number of ether oxygens (including phenoxy) is 1. The molecule has 17 heavy (non-hydrogen) atoms. The van der Waals surface area contributed by atoms with Gasteiger partial charge in [-0.25, -0.2) is 0 Å². The van der Waals surface area contributed by atoms with Crippen LogP contribution in [0.3, 0.4) is 0 Å². The zero-order valence-corrected chi connectivity index (χ0v) is 11.4. The van der Waals surface area contributed by atoms with E-state index in [0.29, 0.717) is 5.84 Å². The number of hydrogen-bond donors (Lipinski definition) is 3. The van der Waals surface area contributed by atoms with Crippen LogP contribution in [0.15, 0.2) is 11.9 Å². The van der Waals surface area contributed by atoms with E-state index in [1.807, 2.05) is 19.0 Å². The van der Waals surface area contributed by atoms with E-state index in [4.69, 9.17) is 10.1 Å². The first kappa shape index (κ1) is 13.8. The summed E-state index contributed by atoms with van der Waals surface area (Å²) in [6.07, 6.45) is 2.79. The Morgan fingerprint density at radius 3 is 2.59 bits per heavy atom. The van der Waals surface area contributed by atoms with E-state index in [2.05, 4.69) is 24.5 Å². The van der Waals surface area contributed by atoms with Crippen LogP contribution >= 0.6 is 0 Å². The predicted octanol–water partition coefficient (Wildman–Crippen LogP) is 0.948. The van der Waals surface area contributed by atoms with Gasteiger partial charge in [0.2, 0.25) is 0 Å². The molecule has 98 valence electrons. The summed E-state index contributed by atoms with van der Waals surface area (Å²) in [4.78, 5) is 2.00. The van der Waals surface area contributed by atoms with Crippen LogP contribution in [-0.4, -0.2) is 44.7 Å². The Balaban J connectivity index is 2.87. The number of likely N-dealkylation sites (tertiary alicyclic amines) is 1. The lowest BCUT2D eigenvalue weighted by atomic mass is 9.91. The van der Waals surface area contributed by atoms with Crippen molar-refractivity contribution in [2.75, 3.05) is 27.7 Å². The number of rotatable bonds is 4. The van der Waals surface area contributed by atoms with Crippen molar-refractivity contribution in [3.05, 3.63) is 11.9 Å². The molecule has 1 heterocycles. The van der Waals surface area contributed by atoms with Gasteiger partial charge in [0.15, 0.2) is 0 Å². The zero-order valence-electron chi connectivity index (χ0n) is 11.4. The van der Waals surface area contributed by atoms with Gasteiger partial charge in [-0.15, -0.1) is 0 Å². The molecule has 0 saturated carbocycles. The summed E-state index contributed by atoms with van der Waals surface area (Å²) < 4.78 is 5.54. The van der Waals surface area contributed by atoms with Gasteiger partial charge in [0.1, 0.15) is 12.1 Å². The van der Waals surface area contributed by atoms with Crippen LogP contribution in [-0.2, 0) is 4.74 Å². The van der Waals surface area contributed by atoms with Crippen molar-refractivity contribution in [1.29, 1.82) is 5.41 Å². The van der Waals surface area contributed by atoms with Crippen molar-refractivity contribution >= 4 is 5.84 Å². The Labute approximate surface area is 104 Å². The summed E-state index contributed by atoms with van der Waals surface area (Å²) in [5, 5.41) is 14.2. The highest BCUT2D eigenvalue weighted by Crippen LogP contribution is 2.36. The minimum atomic E-state index is -0.0383. The molecule has 5 heteroatoms. The Bertz CT molecular complexity index is 312. The van der Waals surface area contributed by atoms with E-state index in [-0.39, 0.29) is 11.6 Å². The van der Waals surface area contributed by atoms with Gasteiger partial charge in [-0.3, -0.25) is 5.41 Å². The molecule has 1 unspecified atom stereocenters. The molecule has 0 radical (unpaired) electrons. The maximum Gasteiger partial charge on any atom is 0.148 e. The second kappa shape index (κ2) is 5.40. The smallest absolute Gasteiger partial charge is 0.148 e. The molecule has 1 aliphatic heterocycles. The van der Waals surface area contributed by atoms with Gasteiger partial charge in [0.05, 0.1) is 5.70 Å². The van der Waals surface area contributed by atoms with Gasteiger partial charge in [0.25, 0.3) is 0 Å². The molecule has 0 bridgehead atoms. The number of methoxy groups -OCH3 is 1. The number of nitrogens with zero attached hydrogens (tertiary/aromatic N) is 1. The molecular formula is C12H24N4O. The molecule has 0 amide bonds. The molecule has 0 spiro atoms. The van der Waals surface area contributed by atoms with E-state index in [1.54, 1.807) is 13.3 Å². The maximum atomic E-state index is 8.23. The van der Waals surface area contributed by atoms with Crippen molar-refractivity contribution in [2.24, 2.45) is 5.41 Å². The highest BCUT2D eigenvalue weighted by atomic mass is 16.5. The first-order valence-electron chi connectivity index (χ1n) is 5.91. The highest BCUT2D eigenvalue weighted by molar-refractivity contribution is 5.95. The Morgan fingerprint density at radius 1 is 1.47 bits per heavy atom. The summed E-state index contributed by atoms with van der Waals surface area (Å²) in [5.41, 5.74) is 0.853. The molecule has 5 nitrogen and oxygen atoms in total. The van der Waals surface area contributed by atoms with E-state index in [9.17, 15) is 0 Å². The fourth-order valence-corrected chi connectivity index (χ4v) is 2.30. The van der Waals surface area contributed by atoms with Gasteiger partial charge in [-0.2, -0.15) is 0 Å². The van der Waals surface area contributed by atoms with Gasteiger partial charge >= 0.3 is 0 Å². The molecule has 1 fully saturated rings. The van der Waals surface area contributed by atoms with Crippen LogP contribution in [0.5, 0.6) is 0 Å². The normalized spacial score (nSPS) is 23.7. The van der Waals surface area contributed by atoms with E-state index >= 15 is 0 Å². The van der Waals surface area contributed by atoms with Gasteiger partial charge in [-0.05, 0) is 6.42 Å². The Kier molecular flexibility index (Phi) is 4.40. The molecule has 0 aromatic rings. The molecule has 1 rings (SSSR count). The number of likely N-dealkylation sites (N-methyl/N-ethyl adjacent to an activating group) is 1. The standard InChI is InChI=1S/C12H24N4O/c1-12(2)6-7-16(11(12)17-5)10(13)9(15-4)8-14-3/h8,11,13-15H,6-7H2,1-5H3/b9-8+,13-10?. The summed E-state index contributed by atoms with van der Waals surface area (Å²) >= 11 is 0. The Morgan fingerprint density at radius 2 is 2.12 bits per heavy atom. The van der Waals surface area contributed by atoms with E-state index in [0.717, 1.165) is 18.7 Å². The maximum absolute atomic E-state index is 8.23. The van der Waals surface area contributed by atoms with Gasteiger partial charge in [-0.1, -0.05) is 13.8 Å². The third kappa shape index (κ3) is 2.72. The lowest BCUT2D eigenvalue weighted by molar-refractivity contribution is -0.0309. The predicted molar refractivity (Wildman–Crippen MR) is 69.8 cm³/mol. The average Bonchev–Trinajstić information content (AvgIpc) is 2.60. The van der Waals surface area contributed by atoms with Crippen LogP contribution in [0.4, 0.5) is 0 Å². The fourth-order valence-electron chi connectivity index (χ4n) is 2.30. The first-order chi connectivity index (χ1) is 7.97. The number of amidine groups is 1. The van der Waals surface area contributed by atoms with Crippen LogP contribution < -0.4 is 10.6 Å². The van der Waals surface area contributed by atoms with E-state index in [1.165, 1.54) is 0 Å². The molecule has 1 atom stereocenters. The second-order valence-electron chi connectivity index (χ2n) is 4.97. The first-order valence-corrected chi connectivity index (χ1v) is 5.91. The van der Waals surface area contributed by atoms with Crippen LogP contribution in [0.2, 0.25) is 0 Å². The topological polar surface area (TPSA) is 60.4 Å². The summed E-state index contributed by atoms with van der Waals surface area (Å²) in [5.74, 6) is 0.472. The molecular weight excluding hydrogens is 216 g/mol. The van der Waals surface area contributed by atoms with Crippen molar-refractivity contribution < 1.29 is 4.74 Å². The Hall–Kier alpha value is -1.23. The molecule has 1 saturated heterocycles. The zero-order chi connectivity index (χ0) is 13.1. The third-order valence-corrected chi connectivity index (χ3v) is 3.27. The van der Waals surface area contributed by atoms with Gasteiger partial charge in [0, 0.05) is 39.4 Å². The van der Waals surface area contributed by atoms with Crippen LogP contribution in [0, 0.1) is 10.8 Å².